The van der Waals surface area contributed by atoms with Gasteiger partial charge in [-0.25, -0.2) is 14.3 Å². The normalized spacial score (nSPS) is 17.4. The number of amides is 3. The van der Waals surface area contributed by atoms with Crippen LogP contribution in [0.1, 0.15) is 23.2 Å². The summed E-state index contributed by atoms with van der Waals surface area (Å²) < 4.78 is 44.0. The number of carbonyl (C=O) groups is 2. The number of rotatable bonds is 4. The van der Waals surface area contributed by atoms with Crippen molar-refractivity contribution in [2.75, 3.05) is 25.5 Å². The van der Waals surface area contributed by atoms with Crippen LogP contribution in [0.4, 0.5) is 23.8 Å². The lowest BCUT2D eigenvalue weighted by Crippen LogP contribution is -2.67. The summed E-state index contributed by atoms with van der Waals surface area (Å²) in [4.78, 5) is 32.6. The van der Waals surface area contributed by atoms with E-state index in [0.29, 0.717) is 18.7 Å². The van der Waals surface area contributed by atoms with Crippen molar-refractivity contribution in [2.24, 2.45) is 12.5 Å². The molecular weight excluding hydrogens is 455 g/mol. The molecule has 34 heavy (non-hydrogen) atoms. The van der Waals surface area contributed by atoms with Crippen molar-refractivity contribution in [2.45, 2.75) is 25.2 Å². The van der Waals surface area contributed by atoms with Gasteiger partial charge < -0.3 is 19.1 Å². The van der Waals surface area contributed by atoms with Gasteiger partial charge in [-0.05, 0) is 25.0 Å². The number of likely N-dealkylation sites (tertiary alicyclic amines) is 1. The number of hydrogen-bond acceptors (Lipinski definition) is 5. The second-order valence-corrected chi connectivity index (χ2v) is 8.93. The average molecular weight is 477 g/mol. The molecule has 1 aliphatic heterocycles. The number of alkyl halides is 3. The van der Waals surface area contributed by atoms with Crippen molar-refractivity contribution in [3.8, 4) is 5.75 Å². The third-order valence-corrected chi connectivity index (χ3v) is 6.52. The van der Waals surface area contributed by atoms with Gasteiger partial charge in [0.25, 0.3) is 5.91 Å². The Labute approximate surface area is 191 Å². The largest absolute Gasteiger partial charge is 0.573 e. The molecule has 0 atom stereocenters. The second-order valence-electron chi connectivity index (χ2n) is 8.93. The molecule has 180 valence electrons. The molecular formula is C21H22F3N7O3. The van der Waals surface area contributed by atoms with E-state index in [4.69, 9.17) is 0 Å². The van der Waals surface area contributed by atoms with E-state index < -0.39 is 18.1 Å². The van der Waals surface area contributed by atoms with Crippen molar-refractivity contribution < 1.29 is 27.5 Å². The highest BCUT2D eigenvalue weighted by Gasteiger charge is 2.55. The molecule has 0 radical (unpaired) electrons. The molecule has 3 aromatic rings. The van der Waals surface area contributed by atoms with E-state index in [9.17, 15) is 22.8 Å². The SMILES string of the molecule is CN(C(=O)Nc1ccc(OC(F)(F)F)cn1)C1CC2(C1)CN(C(=O)c1cnn3ccn(C)c13)C2. The van der Waals surface area contributed by atoms with Gasteiger partial charge >= 0.3 is 12.4 Å². The Balaban J connectivity index is 1.12. The third-order valence-electron chi connectivity index (χ3n) is 6.52. The zero-order valence-electron chi connectivity index (χ0n) is 18.4. The number of carbonyl (C=O) groups excluding carboxylic acids is 2. The molecule has 2 aliphatic rings. The van der Waals surface area contributed by atoms with Crippen LogP contribution in [0.25, 0.3) is 5.65 Å². The Hall–Kier alpha value is -3.77. The van der Waals surface area contributed by atoms with Gasteiger partial charge in [0, 0.05) is 51.0 Å². The number of aromatic nitrogens is 4. The van der Waals surface area contributed by atoms with Crippen LogP contribution in [0.2, 0.25) is 0 Å². The van der Waals surface area contributed by atoms with Crippen molar-refractivity contribution in [1.29, 1.82) is 0 Å². The first-order valence-electron chi connectivity index (χ1n) is 10.6. The summed E-state index contributed by atoms with van der Waals surface area (Å²) in [6.07, 6.45) is 2.84. The van der Waals surface area contributed by atoms with E-state index in [1.807, 2.05) is 17.8 Å². The Kier molecular flexibility index (Phi) is 4.95. The van der Waals surface area contributed by atoms with Gasteiger partial charge in [-0.1, -0.05) is 0 Å². The highest BCUT2D eigenvalue weighted by molar-refractivity contribution is 6.00. The van der Waals surface area contributed by atoms with E-state index in [0.717, 1.165) is 30.8 Å². The first-order chi connectivity index (χ1) is 16.0. The standard InChI is InChI=1S/C21H22F3N7O3/c1-28-5-6-31-17(28)15(10-26-31)18(32)30-11-20(12-30)7-13(8-20)29(2)19(33)27-16-4-3-14(9-25-16)34-21(22,23)24/h3-6,9-10,13H,7-8,11-12H2,1-2H3,(H,25,27,33). The van der Waals surface area contributed by atoms with Crippen LogP contribution in [0.15, 0.2) is 36.9 Å². The molecule has 4 heterocycles. The van der Waals surface area contributed by atoms with Crippen molar-refractivity contribution >= 4 is 23.4 Å². The summed E-state index contributed by atoms with van der Waals surface area (Å²) in [5, 5.41) is 6.79. The number of ether oxygens (including phenoxy) is 1. The molecule has 1 saturated carbocycles. The molecule has 3 aromatic heterocycles. The fraction of sp³-hybridized carbons (Fsp3) is 0.429. The smallest absolute Gasteiger partial charge is 0.404 e. The van der Waals surface area contributed by atoms with Crippen molar-refractivity contribution in [1.82, 2.24) is 29.0 Å². The maximum atomic E-state index is 12.9. The number of nitrogens with zero attached hydrogens (tertiary/aromatic N) is 6. The lowest BCUT2D eigenvalue weighted by molar-refractivity contribution is -0.274. The number of anilines is 1. The quantitative estimate of drug-likeness (QED) is 0.623. The maximum Gasteiger partial charge on any atom is 0.573 e. The molecule has 2 fully saturated rings. The van der Waals surface area contributed by atoms with Crippen LogP contribution in [0, 0.1) is 5.41 Å². The fourth-order valence-corrected chi connectivity index (χ4v) is 4.76. The summed E-state index contributed by atoms with van der Waals surface area (Å²) in [6, 6.07) is 1.92. The van der Waals surface area contributed by atoms with E-state index >= 15 is 0 Å². The van der Waals surface area contributed by atoms with Crippen molar-refractivity contribution in [3.05, 3.63) is 42.5 Å². The Morgan fingerprint density at radius 2 is 1.94 bits per heavy atom. The molecule has 0 unspecified atom stereocenters. The summed E-state index contributed by atoms with van der Waals surface area (Å²) in [7, 11) is 3.53. The van der Waals surface area contributed by atoms with E-state index in [2.05, 4.69) is 20.1 Å². The summed E-state index contributed by atoms with van der Waals surface area (Å²) in [5.41, 5.74) is 1.32. The zero-order chi connectivity index (χ0) is 24.3. The number of nitrogens with one attached hydrogen (secondary N) is 1. The van der Waals surface area contributed by atoms with Gasteiger partial charge in [0.1, 0.15) is 22.8 Å². The lowest BCUT2D eigenvalue weighted by atomic mass is 9.60. The minimum Gasteiger partial charge on any atom is -0.404 e. The second kappa shape index (κ2) is 7.64. The van der Waals surface area contributed by atoms with E-state index in [-0.39, 0.29) is 23.2 Å². The van der Waals surface area contributed by atoms with Gasteiger partial charge in [-0.3, -0.25) is 10.1 Å². The molecule has 13 heteroatoms. The molecule has 0 aromatic carbocycles. The molecule has 1 spiro atoms. The predicted octanol–water partition coefficient (Wildman–Crippen LogP) is 2.73. The maximum absolute atomic E-state index is 12.9. The summed E-state index contributed by atoms with van der Waals surface area (Å²) >= 11 is 0. The highest BCUT2D eigenvalue weighted by Crippen LogP contribution is 2.50. The van der Waals surface area contributed by atoms with Crippen LogP contribution in [0.5, 0.6) is 5.75 Å². The van der Waals surface area contributed by atoms with Gasteiger partial charge in [0.15, 0.2) is 0 Å². The fourth-order valence-electron chi connectivity index (χ4n) is 4.76. The molecule has 10 nitrogen and oxygen atoms in total. The van der Waals surface area contributed by atoms with Crippen LogP contribution in [-0.4, -0.2) is 73.4 Å². The predicted molar refractivity (Wildman–Crippen MR) is 113 cm³/mol. The Bertz CT molecular complexity index is 1240. The topological polar surface area (TPSA) is 97.0 Å². The average Bonchev–Trinajstić information content (AvgIpc) is 3.29. The molecule has 1 saturated heterocycles. The summed E-state index contributed by atoms with van der Waals surface area (Å²) in [5.74, 6) is -0.400. The summed E-state index contributed by atoms with van der Waals surface area (Å²) in [6.45, 7) is 1.25. The van der Waals surface area contributed by atoms with Crippen LogP contribution < -0.4 is 10.1 Å². The first kappa shape index (κ1) is 22.0. The van der Waals surface area contributed by atoms with Gasteiger partial charge in [-0.15, -0.1) is 13.2 Å². The van der Waals surface area contributed by atoms with Gasteiger partial charge in [0.05, 0.1) is 12.4 Å². The Morgan fingerprint density at radius 3 is 2.59 bits per heavy atom. The van der Waals surface area contributed by atoms with Crippen LogP contribution >= 0.6 is 0 Å². The zero-order valence-corrected chi connectivity index (χ0v) is 18.4. The molecule has 3 amide bonds. The lowest BCUT2D eigenvalue weighted by Gasteiger charge is -2.60. The molecule has 0 bridgehead atoms. The third kappa shape index (κ3) is 3.90. The highest BCUT2D eigenvalue weighted by atomic mass is 19.4. The number of halogens is 3. The number of urea groups is 1. The number of hydrogen-bond donors (Lipinski definition) is 1. The molecule has 1 aliphatic carbocycles. The number of fused-ring (bicyclic) bond motifs is 1. The van der Waals surface area contributed by atoms with Crippen molar-refractivity contribution in [3.63, 3.8) is 0 Å². The number of aryl methyl sites for hydroxylation is 1. The van der Waals surface area contributed by atoms with E-state index in [1.54, 1.807) is 33.8 Å². The molecule has 1 N–H and O–H groups in total. The minimum atomic E-state index is -4.80. The monoisotopic (exact) mass is 477 g/mol. The number of pyridine rings is 1. The Morgan fingerprint density at radius 1 is 1.21 bits per heavy atom. The van der Waals surface area contributed by atoms with E-state index in [1.165, 1.54) is 6.07 Å². The number of imidazole rings is 1. The first-order valence-corrected chi connectivity index (χ1v) is 10.6. The minimum absolute atomic E-state index is 0.000756. The van der Waals surface area contributed by atoms with Crippen LogP contribution in [0.3, 0.4) is 0 Å². The van der Waals surface area contributed by atoms with Gasteiger partial charge in [0.2, 0.25) is 0 Å². The van der Waals surface area contributed by atoms with Gasteiger partial charge in [-0.2, -0.15) is 5.10 Å². The molecule has 5 rings (SSSR count). The van der Waals surface area contributed by atoms with Crippen LogP contribution in [-0.2, 0) is 7.05 Å².